The maximum Gasteiger partial charge on any atom is 0.573 e. The molecular weight excluding hydrogens is 555 g/mol. The Balaban J connectivity index is 1.47. The van der Waals surface area contributed by atoms with Crippen molar-refractivity contribution in [2.45, 2.75) is 25.4 Å². The lowest BCUT2D eigenvalue weighted by Crippen LogP contribution is -2.37. The van der Waals surface area contributed by atoms with Crippen LogP contribution in [-0.4, -0.2) is 60.2 Å². The van der Waals surface area contributed by atoms with E-state index < -0.39 is 30.4 Å². The van der Waals surface area contributed by atoms with Crippen LogP contribution < -0.4 is 19.7 Å². The number of aromatic nitrogens is 3. The highest BCUT2D eigenvalue weighted by molar-refractivity contribution is 5.56. The fourth-order valence-corrected chi connectivity index (χ4v) is 3.27. The van der Waals surface area contributed by atoms with E-state index in [0.29, 0.717) is 37.6 Å². The van der Waals surface area contributed by atoms with Crippen LogP contribution in [0.5, 0.6) is 11.5 Å². The standard InChI is InChI=1S/C23H20F7N7O3/c24-18(25)22(26,27)39-16-5-1-14(2-6-16)13-31-36-20-33-19(34-21(35-20)37-9-11-38-12-10-37)32-15-3-7-17(8-4-15)40-23(28,29)30/h1-8,18H,9-13H2,(H,32,33,34,35). The smallest absolute Gasteiger partial charge is 0.428 e. The summed E-state index contributed by atoms with van der Waals surface area (Å²) in [5.74, 6) is -0.649. The van der Waals surface area contributed by atoms with Gasteiger partial charge in [-0.25, -0.2) is 0 Å². The van der Waals surface area contributed by atoms with Crippen LogP contribution in [0.1, 0.15) is 5.56 Å². The van der Waals surface area contributed by atoms with E-state index in [0.717, 1.165) is 24.3 Å². The molecule has 1 aromatic heterocycles. The van der Waals surface area contributed by atoms with Crippen molar-refractivity contribution in [1.29, 1.82) is 0 Å². The highest BCUT2D eigenvalue weighted by Crippen LogP contribution is 2.28. The van der Waals surface area contributed by atoms with Gasteiger partial charge in [0.2, 0.25) is 11.9 Å². The number of azo groups is 1. The minimum absolute atomic E-state index is 0.0342. The maximum absolute atomic E-state index is 13.1. The first kappa shape index (κ1) is 28.7. The predicted molar refractivity (Wildman–Crippen MR) is 126 cm³/mol. The molecule has 2 aromatic carbocycles. The first-order valence-electron chi connectivity index (χ1n) is 11.5. The molecule has 1 aliphatic rings. The molecule has 1 N–H and O–H groups in total. The molecular formula is C23H20F7N7O3. The molecule has 0 amide bonds. The highest BCUT2D eigenvalue weighted by atomic mass is 19.4. The van der Waals surface area contributed by atoms with E-state index in [1.807, 2.05) is 4.90 Å². The van der Waals surface area contributed by atoms with Crippen LogP contribution in [0.15, 0.2) is 58.8 Å². The van der Waals surface area contributed by atoms with Crippen molar-refractivity contribution in [2.75, 3.05) is 36.5 Å². The molecule has 17 heteroatoms. The fraction of sp³-hybridized carbons (Fsp3) is 0.348. The summed E-state index contributed by atoms with van der Waals surface area (Å²) in [4.78, 5) is 14.6. The Bertz CT molecular complexity index is 1290. The van der Waals surface area contributed by atoms with E-state index in [9.17, 15) is 30.7 Å². The summed E-state index contributed by atoms with van der Waals surface area (Å²) in [6, 6.07) is 9.79. The van der Waals surface area contributed by atoms with Crippen LogP contribution in [0.25, 0.3) is 0 Å². The Hall–Kier alpha value is -4.28. The van der Waals surface area contributed by atoms with E-state index in [1.165, 1.54) is 24.3 Å². The predicted octanol–water partition coefficient (Wildman–Crippen LogP) is 5.87. The molecule has 3 aromatic rings. The van der Waals surface area contributed by atoms with Crippen LogP contribution in [-0.2, 0) is 11.3 Å². The van der Waals surface area contributed by atoms with Gasteiger partial charge in [0, 0.05) is 18.8 Å². The zero-order valence-corrected chi connectivity index (χ0v) is 20.3. The average Bonchev–Trinajstić information content (AvgIpc) is 2.90. The molecule has 0 spiro atoms. The number of ether oxygens (including phenoxy) is 3. The van der Waals surface area contributed by atoms with E-state index >= 15 is 0 Å². The number of hydrogen-bond donors (Lipinski definition) is 1. The summed E-state index contributed by atoms with van der Waals surface area (Å²) in [6.07, 6.45) is -13.4. The van der Waals surface area contributed by atoms with Gasteiger partial charge in [0.1, 0.15) is 11.5 Å². The molecule has 0 aliphatic carbocycles. The largest absolute Gasteiger partial charge is 0.573 e. The minimum Gasteiger partial charge on any atom is -0.428 e. The average molecular weight is 575 g/mol. The summed E-state index contributed by atoms with van der Waals surface area (Å²) >= 11 is 0. The summed E-state index contributed by atoms with van der Waals surface area (Å²) in [7, 11) is 0. The van der Waals surface area contributed by atoms with Gasteiger partial charge in [0.15, 0.2) is 0 Å². The normalized spacial score (nSPS) is 14.6. The first-order valence-corrected chi connectivity index (χ1v) is 11.5. The lowest BCUT2D eigenvalue weighted by Gasteiger charge is -2.26. The highest BCUT2D eigenvalue weighted by Gasteiger charge is 2.43. The van der Waals surface area contributed by atoms with Gasteiger partial charge in [-0.15, -0.1) is 18.3 Å². The minimum atomic E-state index is -4.82. The van der Waals surface area contributed by atoms with Crippen molar-refractivity contribution < 1.29 is 44.9 Å². The Kier molecular flexibility index (Phi) is 8.81. The molecule has 0 radical (unpaired) electrons. The molecule has 1 aliphatic heterocycles. The SMILES string of the molecule is FC(F)C(F)(F)Oc1ccc(CN=Nc2nc(Nc3ccc(OC(F)(F)F)cc3)nc(N3CCOCC3)n2)cc1. The van der Waals surface area contributed by atoms with Gasteiger partial charge in [-0.1, -0.05) is 12.1 Å². The molecule has 0 atom stereocenters. The van der Waals surface area contributed by atoms with Crippen molar-refractivity contribution >= 4 is 23.5 Å². The van der Waals surface area contributed by atoms with E-state index in [2.05, 4.69) is 40.0 Å². The summed E-state index contributed by atoms with van der Waals surface area (Å²) in [6.45, 7) is 1.82. The van der Waals surface area contributed by atoms with Crippen LogP contribution in [0.4, 0.5) is 54.3 Å². The van der Waals surface area contributed by atoms with E-state index in [4.69, 9.17) is 4.74 Å². The summed E-state index contributed by atoms with van der Waals surface area (Å²) < 4.78 is 101. The number of nitrogens with one attached hydrogen (secondary N) is 1. The van der Waals surface area contributed by atoms with Gasteiger partial charge in [0.25, 0.3) is 5.95 Å². The summed E-state index contributed by atoms with van der Waals surface area (Å²) in [5, 5.41) is 10.8. The topological polar surface area (TPSA) is 106 Å². The number of rotatable bonds is 10. The van der Waals surface area contributed by atoms with Crippen LogP contribution in [0.3, 0.4) is 0 Å². The van der Waals surface area contributed by atoms with E-state index in [-0.39, 0.29) is 24.4 Å². The molecule has 0 unspecified atom stereocenters. The molecule has 1 saturated heterocycles. The van der Waals surface area contributed by atoms with Crippen molar-refractivity contribution in [2.24, 2.45) is 10.2 Å². The Morgan fingerprint density at radius 2 is 1.50 bits per heavy atom. The second-order valence-electron chi connectivity index (χ2n) is 8.06. The third-order valence-corrected chi connectivity index (χ3v) is 5.09. The number of alkyl halides is 7. The fourth-order valence-electron chi connectivity index (χ4n) is 3.27. The van der Waals surface area contributed by atoms with Gasteiger partial charge in [0.05, 0.1) is 19.8 Å². The third-order valence-electron chi connectivity index (χ3n) is 5.09. The number of anilines is 3. The van der Waals surface area contributed by atoms with Crippen molar-refractivity contribution in [3.8, 4) is 11.5 Å². The number of benzene rings is 2. The van der Waals surface area contributed by atoms with Crippen LogP contribution in [0, 0.1) is 0 Å². The molecule has 1 fully saturated rings. The molecule has 10 nitrogen and oxygen atoms in total. The van der Waals surface area contributed by atoms with E-state index in [1.54, 1.807) is 0 Å². The van der Waals surface area contributed by atoms with Crippen molar-refractivity contribution in [3.63, 3.8) is 0 Å². The first-order chi connectivity index (χ1) is 19.0. The van der Waals surface area contributed by atoms with Crippen LogP contribution >= 0.6 is 0 Å². The van der Waals surface area contributed by atoms with Crippen molar-refractivity contribution in [1.82, 2.24) is 15.0 Å². The molecule has 2 heterocycles. The van der Waals surface area contributed by atoms with Crippen molar-refractivity contribution in [3.05, 3.63) is 54.1 Å². The second kappa shape index (κ2) is 12.3. The molecule has 0 saturated carbocycles. The number of halogens is 7. The molecule has 40 heavy (non-hydrogen) atoms. The van der Waals surface area contributed by atoms with Gasteiger partial charge < -0.3 is 24.4 Å². The second-order valence-corrected chi connectivity index (χ2v) is 8.06. The van der Waals surface area contributed by atoms with Gasteiger partial charge in [-0.2, -0.15) is 37.6 Å². The lowest BCUT2D eigenvalue weighted by molar-refractivity contribution is -0.274. The number of morpholine rings is 1. The quantitative estimate of drug-likeness (QED) is 0.236. The summed E-state index contributed by atoms with van der Waals surface area (Å²) in [5.41, 5.74) is 0.856. The zero-order chi connectivity index (χ0) is 28.8. The number of hydrogen-bond acceptors (Lipinski definition) is 10. The van der Waals surface area contributed by atoms with Gasteiger partial charge >= 0.3 is 18.9 Å². The lowest BCUT2D eigenvalue weighted by atomic mass is 10.2. The maximum atomic E-state index is 13.1. The monoisotopic (exact) mass is 575 g/mol. The van der Waals surface area contributed by atoms with Crippen LogP contribution in [0.2, 0.25) is 0 Å². The molecule has 214 valence electrons. The molecule has 4 rings (SSSR count). The molecule has 0 bridgehead atoms. The van der Waals surface area contributed by atoms with Gasteiger partial charge in [-0.3, -0.25) is 0 Å². The third kappa shape index (κ3) is 8.36. The zero-order valence-electron chi connectivity index (χ0n) is 20.3. The Labute approximate surface area is 221 Å². The Morgan fingerprint density at radius 3 is 2.12 bits per heavy atom. The Morgan fingerprint density at radius 1 is 0.875 bits per heavy atom. The number of nitrogens with zero attached hydrogens (tertiary/aromatic N) is 6. The van der Waals surface area contributed by atoms with Gasteiger partial charge in [-0.05, 0) is 42.0 Å².